The molecule has 1 aromatic heterocycles. The predicted octanol–water partition coefficient (Wildman–Crippen LogP) is 5.05. The second-order valence-electron chi connectivity index (χ2n) is 4.66. The Morgan fingerprint density at radius 3 is 2.52 bits per heavy atom. The van der Waals surface area contributed by atoms with Crippen LogP contribution >= 0.6 is 0 Å². The molecule has 2 nitrogen and oxygen atoms in total. The van der Waals surface area contributed by atoms with Gasteiger partial charge in [-0.05, 0) is 32.4 Å². The standard InChI is InChI=1S/C20H22FNO/c1-3-5-6-7-8-9-10-11-12-15-18(14-4-2)20-19(21)16-13-17-22(20)23/h3-9,11-17H,10H2,1-2H3. The van der Waals surface area contributed by atoms with Crippen molar-refractivity contribution in [3.05, 3.63) is 102 Å². The molecule has 0 amide bonds. The molecule has 0 atom stereocenters. The molecule has 3 heteroatoms. The van der Waals surface area contributed by atoms with E-state index < -0.39 is 5.82 Å². The summed E-state index contributed by atoms with van der Waals surface area (Å²) in [6.07, 6.45) is 22.8. The van der Waals surface area contributed by atoms with Gasteiger partial charge in [-0.2, -0.15) is 9.12 Å². The molecule has 120 valence electrons. The van der Waals surface area contributed by atoms with Gasteiger partial charge in [0.2, 0.25) is 0 Å². The van der Waals surface area contributed by atoms with Gasteiger partial charge in [0.15, 0.2) is 12.0 Å². The molecule has 0 aliphatic heterocycles. The topological polar surface area (TPSA) is 26.9 Å². The summed E-state index contributed by atoms with van der Waals surface area (Å²) in [4.78, 5) is 0. The molecule has 0 radical (unpaired) electrons. The Balaban J connectivity index is 2.79. The van der Waals surface area contributed by atoms with Crippen molar-refractivity contribution >= 4 is 5.57 Å². The van der Waals surface area contributed by atoms with Gasteiger partial charge >= 0.3 is 0 Å². The van der Waals surface area contributed by atoms with Crippen LogP contribution in [0.25, 0.3) is 5.57 Å². The highest BCUT2D eigenvalue weighted by molar-refractivity contribution is 5.71. The van der Waals surface area contributed by atoms with E-state index in [9.17, 15) is 9.60 Å². The maximum atomic E-state index is 13.9. The number of halogens is 1. The van der Waals surface area contributed by atoms with Gasteiger partial charge in [0.25, 0.3) is 5.69 Å². The summed E-state index contributed by atoms with van der Waals surface area (Å²) < 4.78 is 14.4. The highest BCUT2D eigenvalue weighted by Gasteiger charge is 2.14. The number of aromatic nitrogens is 1. The first-order valence-corrected chi connectivity index (χ1v) is 7.52. The number of hydrogen-bond donors (Lipinski definition) is 0. The first-order chi connectivity index (χ1) is 11.2. The summed E-state index contributed by atoms with van der Waals surface area (Å²) in [5, 5.41) is 11.8. The third-order valence-corrected chi connectivity index (χ3v) is 2.88. The van der Waals surface area contributed by atoms with E-state index in [2.05, 4.69) is 0 Å². The Morgan fingerprint density at radius 2 is 1.83 bits per heavy atom. The minimum absolute atomic E-state index is 0.0279. The van der Waals surface area contributed by atoms with Crippen LogP contribution in [0.4, 0.5) is 4.39 Å². The van der Waals surface area contributed by atoms with Crippen LogP contribution in [0.5, 0.6) is 0 Å². The first-order valence-electron chi connectivity index (χ1n) is 7.52. The second kappa shape index (κ2) is 11.0. The molecule has 23 heavy (non-hydrogen) atoms. The lowest BCUT2D eigenvalue weighted by atomic mass is 10.1. The lowest BCUT2D eigenvalue weighted by Crippen LogP contribution is -2.31. The van der Waals surface area contributed by atoms with E-state index in [1.54, 1.807) is 18.2 Å². The highest BCUT2D eigenvalue weighted by atomic mass is 19.1. The van der Waals surface area contributed by atoms with Gasteiger partial charge in [0.1, 0.15) is 0 Å². The van der Waals surface area contributed by atoms with Crippen molar-refractivity contribution in [2.75, 3.05) is 0 Å². The predicted molar refractivity (Wildman–Crippen MR) is 95.0 cm³/mol. The van der Waals surface area contributed by atoms with E-state index in [1.807, 2.05) is 62.5 Å². The van der Waals surface area contributed by atoms with Crippen molar-refractivity contribution in [1.82, 2.24) is 0 Å². The van der Waals surface area contributed by atoms with Crippen molar-refractivity contribution in [3.63, 3.8) is 0 Å². The molecule has 0 bridgehead atoms. The molecule has 0 aliphatic rings. The third kappa shape index (κ3) is 6.74. The van der Waals surface area contributed by atoms with Crippen molar-refractivity contribution in [1.29, 1.82) is 0 Å². The smallest absolute Gasteiger partial charge is 0.259 e. The summed E-state index contributed by atoms with van der Waals surface area (Å²) >= 11 is 0. The van der Waals surface area contributed by atoms with Crippen LogP contribution in [-0.4, -0.2) is 0 Å². The van der Waals surface area contributed by atoms with Gasteiger partial charge in [0.05, 0.1) is 5.57 Å². The van der Waals surface area contributed by atoms with Crippen molar-refractivity contribution in [3.8, 4) is 0 Å². The highest BCUT2D eigenvalue weighted by Crippen LogP contribution is 2.15. The van der Waals surface area contributed by atoms with E-state index in [0.29, 0.717) is 10.3 Å². The number of nitrogens with zero attached hydrogens (tertiary/aromatic N) is 1. The minimum atomic E-state index is -0.533. The minimum Gasteiger partial charge on any atom is -0.618 e. The molecule has 0 aliphatic carbocycles. The van der Waals surface area contributed by atoms with Crippen LogP contribution in [0.2, 0.25) is 0 Å². The molecular weight excluding hydrogens is 289 g/mol. The van der Waals surface area contributed by atoms with Crippen molar-refractivity contribution in [2.24, 2.45) is 0 Å². The summed E-state index contributed by atoms with van der Waals surface area (Å²) in [5.41, 5.74) is 0.564. The fraction of sp³-hybridized carbons (Fsp3) is 0.150. The number of hydrogen-bond acceptors (Lipinski definition) is 1. The van der Waals surface area contributed by atoms with Gasteiger partial charge in [-0.3, -0.25) is 0 Å². The number of allylic oxidation sites excluding steroid dienone is 12. The van der Waals surface area contributed by atoms with Gasteiger partial charge < -0.3 is 5.21 Å². The Morgan fingerprint density at radius 1 is 1.09 bits per heavy atom. The van der Waals surface area contributed by atoms with Crippen molar-refractivity contribution in [2.45, 2.75) is 20.3 Å². The van der Waals surface area contributed by atoms with E-state index in [4.69, 9.17) is 0 Å². The first kappa shape index (κ1) is 18.4. The molecule has 1 aromatic rings. The van der Waals surface area contributed by atoms with Crippen molar-refractivity contribution < 1.29 is 9.12 Å². The van der Waals surface area contributed by atoms with Crippen LogP contribution in [0.1, 0.15) is 26.0 Å². The number of rotatable bonds is 7. The zero-order valence-corrected chi connectivity index (χ0v) is 13.5. The molecule has 1 heterocycles. The lowest BCUT2D eigenvalue weighted by Gasteiger charge is -2.05. The molecule has 0 fully saturated rings. The van der Waals surface area contributed by atoms with Gasteiger partial charge in [0, 0.05) is 6.07 Å². The molecule has 0 saturated heterocycles. The molecule has 0 spiro atoms. The molecule has 0 N–H and O–H groups in total. The normalized spacial score (nSPS) is 13.6. The average Bonchev–Trinajstić information content (AvgIpc) is 2.53. The van der Waals surface area contributed by atoms with Crippen LogP contribution < -0.4 is 4.73 Å². The fourth-order valence-corrected chi connectivity index (χ4v) is 1.85. The maximum absolute atomic E-state index is 13.9. The molecule has 0 unspecified atom stereocenters. The fourth-order valence-electron chi connectivity index (χ4n) is 1.85. The third-order valence-electron chi connectivity index (χ3n) is 2.88. The zero-order chi connectivity index (χ0) is 16.9. The molecule has 1 rings (SSSR count). The second-order valence-corrected chi connectivity index (χ2v) is 4.66. The monoisotopic (exact) mass is 311 g/mol. The van der Waals surface area contributed by atoms with Gasteiger partial charge in [-0.15, -0.1) is 0 Å². The summed E-state index contributed by atoms with van der Waals surface area (Å²) in [6.45, 7) is 3.79. The number of pyridine rings is 1. The lowest BCUT2D eigenvalue weighted by molar-refractivity contribution is -0.609. The maximum Gasteiger partial charge on any atom is 0.259 e. The van der Waals surface area contributed by atoms with E-state index in [1.165, 1.54) is 18.3 Å². The summed E-state index contributed by atoms with van der Waals surface area (Å²) in [7, 11) is 0. The van der Waals surface area contributed by atoms with Gasteiger partial charge in [-0.1, -0.05) is 60.8 Å². The van der Waals surface area contributed by atoms with Crippen LogP contribution in [0.15, 0.2) is 85.2 Å². The Kier molecular flexibility index (Phi) is 8.76. The van der Waals surface area contributed by atoms with E-state index >= 15 is 0 Å². The molecule has 0 aromatic carbocycles. The Hall–Kier alpha value is -2.68. The van der Waals surface area contributed by atoms with Crippen LogP contribution in [0.3, 0.4) is 0 Å². The van der Waals surface area contributed by atoms with Crippen LogP contribution in [0, 0.1) is 11.0 Å². The molecule has 0 saturated carbocycles. The zero-order valence-electron chi connectivity index (χ0n) is 13.5. The summed E-state index contributed by atoms with van der Waals surface area (Å²) in [5.74, 6) is -0.533. The largest absolute Gasteiger partial charge is 0.618 e. The Labute approximate surface area is 137 Å². The quantitative estimate of drug-likeness (QED) is 0.393. The SMILES string of the molecule is CC=CC=CC=CCC=CC=C(C=CC)c1c(F)ccc[n+]1[O-]. The molecular formula is C20H22FNO. The van der Waals surface area contributed by atoms with E-state index in [0.717, 1.165) is 6.42 Å². The van der Waals surface area contributed by atoms with Crippen LogP contribution in [-0.2, 0) is 0 Å². The van der Waals surface area contributed by atoms with E-state index in [-0.39, 0.29) is 5.69 Å². The van der Waals surface area contributed by atoms with Gasteiger partial charge in [-0.25, -0.2) is 0 Å². The summed E-state index contributed by atoms with van der Waals surface area (Å²) in [6, 6.07) is 2.67. The Bertz CT molecular complexity index is 644. The average molecular weight is 311 g/mol.